The third-order valence-electron chi connectivity index (χ3n) is 3.91. The van der Waals surface area contributed by atoms with E-state index in [2.05, 4.69) is 72.6 Å². The number of benzene rings is 2. The summed E-state index contributed by atoms with van der Waals surface area (Å²) in [7, 11) is 0. The predicted octanol–water partition coefficient (Wildman–Crippen LogP) is 5.02. The normalized spacial score (nSPS) is 12.3. The molecule has 3 rings (SSSR count). The standard InChI is InChI=1S/C19H20N2OS/c1-14-8-6-7-11-17(14)13-23-19-21-20-18(22-19)12-15(2)16-9-4-3-5-10-16/h3-11,15H,12-13H2,1-2H3. The molecule has 0 bridgehead atoms. The summed E-state index contributed by atoms with van der Waals surface area (Å²) < 4.78 is 5.78. The van der Waals surface area contributed by atoms with Crippen LogP contribution in [0.1, 0.15) is 35.4 Å². The second-order valence-electron chi connectivity index (χ2n) is 5.69. The van der Waals surface area contributed by atoms with Crippen molar-refractivity contribution in [1.29, 1.82) is 0 Å². The fraction of sp³-hybridized carbons (Fsp3) is 0.263. The highest BCUT2D eigenvalue weighted by Gasteiger charge is 2.12. The number of hydrogen-bond acceptors (Lipinski definition) is 4. The molecule has 0 radical (unpaired) electrons. The lowest BCUT2D eigenvalue weighted by atomic mass is 9.98. The molecule has 0 aliphatic carbocycles. The van der Waals surface area contributed by atoms with Gasteiger partial charge < -0.3 is 4.42 Å². The van der Waals surface area contributed by atoms with E-state index in [0.717, 1.165) is 12.2 Å². The largest absolute Gasteiger partial charge is 0.416 e. The zero-order chi connectivity index (χ0) is 16.1. The summed E-state index contributed by atoms with van der Waals surface area (Å²) in [5.74, 6) is 1.92. The molecular weight excluding hydrogens is 304 g/mol. The van der Waals surface area contributed by atoms with Crippen LogP contribution in [-0.2, 0) is 12.2 Å². The zero-order valence-electron chi connectivity index (χ0n) is 13.4. The lowest BCUT2D eigenvalue weighted by Gasteiger charge is -2.08. The van der Waals surface area contributed by atoms with Crippen molar-refractivity contribution in [3.8, 4) is 0 Å². The van der Waals surface area contributed by atoms with Crippen LogP contribution in [0.3, 0.4) is 0 Å². The van der Waals surface area contributed by atoms with Crippen LogP contribution < -0.4 is 0 Å². The molecule has 23 heavy (non-hydrogen) atoms. The van der Waals surface area contributed by atoms with Crippen molar-refractivity contribution >= 4 is 11.8 Å². The maximum atomic E-state index is 5.78. The number of hydrogen-bond donors (Lipinski definition) is 0. The Labute approximate surface area is 141 Å². The van der Waals surface area contributed by atoms with E-state index in [9.17, 15) is 0 Å². The Morgan fingerprint density at radius 2 is 1.74 bits per heavy atom. The molecular formula is C19H20N2OS. The Kier molecular flexibility index (Phi) is 5.13. The average molecular weight is 324 g/mol. The van der Waals surface area contributed by atoms with Gasteiger partial charge in [-0.05, 0) is 29.5 Å². The van der Waals surface area contributed by atoms with Crippen LogP contribution in [0.2, 0.25) is 0 Å². The van der Waals surface area contributed by atoms with Crippen molar-refractivity contribution in [3.63, 3.8) is 0 Å². The molecule has 0 spiro atoms. The SMILES string of the molecule is Cc1ccccc1CSc1nnc(CC(C)c2ccccc2)o1. The van der Waals surface area contributed by atoms with Crippen LogP contribution in [0.15, 0.2) is 64.2 Å². The Hall–Kier alpha value is -2.07. The molecule has 0 saturated carbocycles. The lowest BCUT2D eigenvalue weighted by Crippen LogP contribution is -1.98. The Morgan fingerprint density at radius 3 is 2.52 bits per heavy atom. The third kappa shape index (κ3) is 4.23. The zero-order valence-corrected chi connectivity index (χ0v) is 14.2. The van der Waals surface area contributed by atoms with Crippen LogP contribution in [-0.4, -0.2) is 10.2 Å². The molecule has 3 aromatic rings. The summed E-state index contributed by atoms with van der Waals surface area (Å²) in [4.78, 5) is 0. The van der Waals surface area contributed by atoms with Gasteiger partial charge in [0.15, 0.2) is 0 Å². The summed E-state index contributed by atoms with van der Waals surface area (Å²) in [6.45, 7) is 4.30. The fourth-order valence-electron chi connectivity index (χ4n) is 2.45. The van der Waals surface area contributed by atoms with Crippen molar-refractivity contribution in [1.82, 2.24) is 10.2 Å². The van der Waals surface area contributed by atoms with Gasteiger partial charge in [0.2, 0.25) is 5.89 Å². The van der Waals surface area contributed by atoms with Crippen molar-refractivity contribution in [3.05, 3.63) is 77.2 Å². The minimum atomic E-state index is 0.367. The highest BCUT2D eigenvalue weighted by Crippen LogP contribution is 2.25. The molecule has 0 fully saturated rings. The van der Waals surface area contributed by atoms with Gasteiger partial charge in [0.25, 0.3) is 5.22 Å². The molecule has 0 aliphatic heterocycles. The highest BCUT2D eigenvalue weighted by molar-refractivity contribution is 7.98. The molecule has 1 atom stereocenters. The lowest BCUT2D eigenvalue weighted by molar-refractivity contribution is 0.404. The summed E-state index contributed by atoms with van der Waals surface area (Å²) in [5, 5.41) is 8.97. The minimum Gasteiger partial charge on any atom is -0.416 e. The van der Waals surface area contributed by atoms with Crippen molar-refractivity contribution in [2.24, 2.45) is 0 Å². The van der Waals surface area contributed by atoms with E-state index in [1.807, 2.05) is 6.07 Å². The smallest absolute Gasteiger partial charge is 0.276 e. The van der Waals surface area contributed by atoms with Crippen LogP contribution in [0.25, 0.3) is 0 Å². The van der Waals surface area contributed by atoms with Gasteiger partial charge in [0, 0.05) is 12.2 Å². The monoisotopic (exact) mass is 324 g/mol. The topological polar surface area (TPSA) is 38.9 Å². The first-order chi connectivity index (χ1) is 11.2. The predicted molar refractivity (Wildman–Crippen MR) is 93.6 cm³/mol. The Balaban J connectivity index is 1.59. The summed E-state index contributed by atoms with van der Waals surface area (Å²) in [5.41, 5.74) is 3.88. The minimum absolute atomic E-state index is 0.367. The van der Waals surface area contributed by atoms with E-state index in [1.165, 1.54) is 16.7 Å². The Bertz CT molecular complexity index is 755. The van der Waals surface area contributed by atoms with Gasteiger partial charge in [-0.25, -0.2) is 0 Å². The molecule has 0 N–H and O–H groups in total. The van der Waals surface area contributed by atoms with E-state index in [-0.39, 0.29) is 0 Å². The fourth-order valence-corrected chi connectivity index (χ4v) is 3.31. The van der Waals surface area contributed by atoms with Crippen molar-refractivity contribution in [2.45, 2.75) is 37.2 Å². The molecule has 1 heterocycles. The van der Waals surface area contributed by atoms with Crippen LogP contribution >= 0.6 is 11.8 Å². The molecule has 2 aromatic carbocycles. The van der Waals surface area contributed by atoms with Gasteiger partial charge >= 0.3 is 0 Å². The second-order valence-corrected chi connectivity index (χ2v) is 6.62. The molecule has 0 saturated heterocycles. The van der Waals surface area contributed by atoms with Gasteiger partial charge in [-0.2, -0.15) is 0 Å². The van der Waals surface area contributed by atoms with Crippen LogP contribution in [0.5, 0.6) is 0 Å². The first-order valence-corrected chi connectivity index (χ1v) is 8.75. The summed E-state index contributed by atoms with van der Waals surface area (Å²) >= 11 is 1.59. The van der Waals surface area contributed by atoms with E-state index < -0.39 is 0 Å². The van der Waals surface area contributed by atoms with Gasteiger partial charge in [-0.1, -0.05) is 73.3 Å². The van der Waals surface area contributed by atoms with E-state index in [0.29, 0.717) is 17.0 Å². The maximum Gasteiger partial charge on any atom is 0.276 e. The molecule has 0 aliphatic rings. The number of thioether (sulfide) groups is 1. The average Bonchev–Trinajstić information content (AvgIpc) is 3.02. The summed E-state index contributed by atoms with van der Waals surface area (Å²) in [6, 6.07) is 18.8. The highest BCUT2D eigenvalue weighted by atomic mass is 32.2. The molecule has 118 valence electrons. The number of nitrogens with zero attached hydrogens (tertiary/aromatic N) is 2. The van der Waals surface area contributed by atoms with Crippen LogP contribution in [0, 0.1) is 6.92 Å². The first kappa shape index (κ1) is 15.8. The van der Waals surface area contributed by atoms with Gasteiger partial charge in [-0.15, -0.1) is 10.2 Å². The molecule has 1 aromatic heterocycles. The maximum absolute atomic E-state index is 5.78. The number of aromatic nitrogens is 2. The quantitative estimate of drug-likeness (QED) is 0.597. The van der Waals surface area contributed by atoms with Crippen molar-refractivity contribution < 1.29 is 4.42 Å². The molecule has 3 nitrogen and oxygen atoms in total. The number of aryl methyl sites for hydroxylation is 1. The molecule has 4 heteroatoms. The molecule has 1 unspecified atom stereocenters. The third-order valence-corrected chi connectivity index (χ3v) is 4.78. The molecule has 0 amide bonds. The van der Waals surface area contributed by atoms with E-state index in [1.54, 1.807) is 11.8 Å². The van der Waals surface area contributed by atoms with Gasteiger partial charge in [0.1, 0.15) is 0 Å². The Morgan fingerprint density at radius 1 is 1.00 bits per heavy atom. The summed E-state index contributed by atoms with van der Waals surface area (Å²) in [6.07, 6.45) is 0.766. The van der Waals surface area contributed by atoms with Crippen LogP contribution in [0.4, 0.5) is 0 Å². The van der Waals surface area contributed by atoms with E-state index >= 15 is 0 Å². The second kappa shape index (κ2) is 7.47. The van der Waals surface area contributed by atoms with Gasteiger partial charge in [-0.3, -0.25) is 0 Å². The van der Waals surface area contributed by atoms with E-state index in [4.69, 9.17) is 4.42 Å². The van der Waals surface area contributed by atoms with Crippen molar-refractivity contribution in [2.75, 3.05) is 0 Å². The number of rotatable bonds is 6. The first-order valence-electron chi connectivity index (χ1n) is 7.77. The van der Waals surface area contributed by atoms with Gasteiger partial charge in [0.05, 0.1) is 0 Å².